The van der Waals surface area contributed by atoms with Crippen LogP contribution in [0.15, 0.2) is 42.6 Å². The fraction of sp³-hybridized carbons (Fsp3) is 0.333. The topological polar surface area (TPSA) is 65.2 Å². The fourth-order valence-electron chi connectivity index (χ4n) is 2.99. The first-order chi connectivity index (χ1) is 12.8. The smallest absolute Gasteiger partial charge is 0.341 e. The van der Waals surface area contributed by atoms with Gasteiger partial charge in [-0.2, -0.15) is 0 Å². The number of pyridine rings is 1. The Labute approximate surface area is 163 Å². The van der Waals surface area contributed by atoms with E-state index in [4.69, 9.17) is 10.5 Å². The van der Waals surface area contributed by atoms with Crippen LogP contribution in [-0.4, -0.2) is 22.3 Å². The number of nitrogens with zero attached hydrogens (tertiary/aromatic N) is 1. The van der Waals surface area contributed by atoms with E-state index in [0.717, 1.165) is 23.3 Å². The van der Waals surface area contributed by atoms with Gasteiger partial charge in [-0.1, -0.05) is 18.2 Å². The molecule has 0 amide bonds. The number of allylic oxidation sites excluding steroid dienone is 1. The normalized spacial score (nSPS) is 17.0. The van der Waals surface area contributed by atoms with Crippen LogP contribution in [0.1, 0.15) is 48.4 Å². The Balaban J connectivity index is 1.99. The lowest BCUT2D eigenvalue weighted by Crippen LogP contribution is -2.24. The number of nitrogens with two attached hydrogens (primary N) is 1. The van der Waals surface area contributed by atoms with Crippen molar-refractivity contribution in [2.75, 3.05) is 11.5 Å². The van der Waals surface area contributed by atoms with Crippen LogP contribution >= 0.6 is 11.8 Å². The number of benzene rings is 1. The zero-order chi connectivity index (χ0) is 19.6. The minimum Gasteiger partial charge on any atom is -0.456 e. The molecule has 1 unspecified atom stereocenters. The van der Waals surface area contributed by atoms with Crippen LogP contribution in [0.3, 0.4) is 0 Å². The quantitative estimate of drug-likeness (QED) is 0.583. The molecule has 142 valence electrons. The molecule has 1 aromatic heterocycles. The highest BCUT2D eigenvalue weighted by Crippen LogP contribution is 2.42. The molecule has 3 rings (SSSR count). The monoisotopic (exact) mass is 386 g/mol. The van der Waals surface area contributed by atoms with E-state index in [0.29, 0.717) is 11.4 Å². The molecule has 2 heterocycles. The number of ether oxygens (including phenoxy) is 1. The molecule has 0 spiro atoms. The molecule has 2 aromatic rings. The molecule has 0 bridgehead atoms. The molecular weight excluding hydrogens is 363 g/mol. The molecule has 2 N–H and O–H groups in total. The highest BCUT2D eigenvalue weighted by atomic mass is 32.2. The lowest BCUT2D eigenvalue weighted by Gasteiger charge is -2.22. The SMILES string of the molecule is CC(C)(C)OC(=O)c1ccc(-c2c(C3CC=CCS3)ccnc2N)cc1F. The maximum absolute atomic E-state index is 14.7. The molecule has 27 heavy (non-hydrogen) atoms. The number of esters is 1. The van der Waals surface area contributed by atoms with Crippen molar-refractivity contribution in [3.05, 3.63) is 59.6 Å². The lowest BCUT2D eigenvalue weighted by atomic mass is 9.96. The number of rotatable bonds is 3. The van der Waals surface area contributed by atoms with Crippen LogP contribution in [0, 0.1) is 5.82 Å². The second-order valence-corrected chi connectivity index (χ2v) is 8.62. The first kappa shape index (κ1) is 19.4. The molecule has 1 aliphatic rings. The van der Waals surface area contributed by atoms with E-state index in [1.165, 1.54) is 12.1 Å². The highest BCUT2D eigenvalue weighted by Gasteiger charge is 2.23. The van der Waals surface area contributed by atoms with Crippen molar-refractivity contribution in [2.24, 2.45) is 0 Å². The van der Waals surface area contributed by atoms with Crippen molar-refractivity contribution in [1.82, 2.24) is 4.98 Å². The Morgan fingerprint density at radius 3 is 2.70 bits per heavy atom. The van der Waals surface area contributed by atoms with E-state index in [1.54, 1.807) is 33.0 Å². The lowest BCUT2D eigenvalue weighted by molar-refractivity contribution is 0.00648. The van der Waals surface area contributed by atoms with Gasteiger partial charge in [-0.05, 0) is 56.5 Å². The molecular formula is C21H23FN2O2S. The summed E-state index contributed by atoms with van der Waals surface area (Å²) in [5.41, 5.74) is 7.72. The number of hydrogen-bond acceptors (Lipinski definition) is 5. The maximum atomic E-state index is 14.7. The summed E-state index contributed by atoms with van der Waals surface area (Å²) in [6, 6.07) is 6.41. The van der Waals surface area contributed by atoms with E-state index in [-0.39, 0.29) is 10.8 Å². The zero-order valence-electron chi connectivity index (χ0n) is 15.7. The van der Waals surface area contributed by atoms with Gasteiger partial charge in [-0.25, -0.2) is 14.2 Å². The van der Waals surface area contributed by atoms with Crippen molar-refractivity contribution in [2.45, 2.75) is 38.0 Å². The van der Waals surface area contributed by atoms with Crippen LogP contribution < -0.4 is 5.73 Å². The summed E-state index contributed by atoms with van der Waals surface area (Å²) in [5.74, 6) is -0.0312. The van der Waals surface area contributed by atoms with Gasteiger partial charge in [0.05, 0.1) is 5.56 Å². The molecule has 1 atom stereocenters. The molecule has 6 heteroatoms. The summed E-state index contributed by atoms with van der Waals surface area (Å²) in [4.78, 5) is 16.4. The fourth-order valence-corrected chi connectivity index (χ4v) is 4.09. The first-order valence-electron chi connectivity index (χ1n) is 8.80. The predicted octanol–water partition coefficient (Wildman–Crippen LogP) is 5.16. The molecule has 0 aliphatic carbocycles. The number of carbonyl (C=O) groups excluding carboxylic acids is 1. The second-order valence-electron chi connectivity index (χ2n) is 7.39. The molecule has 1 aliphatic heterocycles. The number of thioether (sulfide) groups is 1. The van der Waals surface area contributed by atoms with Crippen LogP contribution in [-0.2, 0) is 4.74 Å². The summed E-state index contributed by atoms with van der Waals surface area (Å²) in [6.45, 7) is 5.24. The third kappa shape index (κ3) is 4.50. The molecule has 0 radical (unpaired) electrons. The Morgan fingerprint density at radius 2 is 2.07 bits per heavy atom. The highest BCUT2D eigenvalue weighted by molar-refractivity contribution is 7.99. The summed E-state index contributed by atoms with van der Waals surface area (Å²) in [6.07, 6.45) is 6.85. The number of halogens is 1. The van der Waals surface area contributed by atoms with Crippen LogP contribution in [0.4, 0.5) is 10.2 Å². The van der Waals surface area contributed by atoms with Gasteiger partial charge in [0.1, 0.15) is 17.2 Å². The standard InChI is InChI=1S/C21H23FN2O2S/c1-21(2,3)26-20(25)14-8-7-13(12-16(14)22)18-15(9-10-24-19(18)23)17-6-4-5-11-27-17/h4-5,7-10,12,17H,6,11H2,1-3H3,(H2,23,24). The largest absolute Gasteiger partial charge is 0.456 e. The average molecular weight is 386 g/mol. The Hall–Kier alpha value is -2.34. The van der Waals surface area contributed by atoms with Crippen LogP contribution in [0.2, 0.25) is 0 Å². The van der Waals surface area contributed by atoms with Crippen molar-refractivity contribution < 1.29 is 13.9 Å². The van der Waals surface area contributed by atoms with Gasteiger partial charge in [0.15, 0.2) is 0 Å². The first-order valence-corrected chi connectivity index (χ1v) is 9.85. The number of anilines is 1. The van der Waals surface area contributed by atoms with Crippen LogP contribution in [0.5, 0.6) is 0 Å². The summed E-state index contributed by atoms with van der Waals surface area (Å²) >= 11 is 1.81. The van der Waals surface area contributed by atoms with E-state index in [9.17, 15) is 9.18 Å². The third-order valence-electron chi connectivity index (χ3n) is 4.15. The van der Waals surface area contributed by atoms with E-state index >= 15 is 0 Å². The average Bonchev–Trinajstić information content (AvgIpc) is 2.60. The minimum absolute atomic E-state index is 0.0901. The molecule has 1 aromatic carbocycles. The van der Waals surface area contributed by atoms with Crippen molar-refractivity contribution >= 4 is 23.5 Å². The number of nitrogen functional groups attached to an aromatic ring is 1. The van der Waals surface area contributed by atoms with Crippen molar-refractivity contribution in [3.8, 4) is 11.1 Å². The summed E-state index contributed by atoms with van der Waals surface area (Å²) in [7, 11) is 0. The minimum atomic E-state index is -0.686. The molecule has 0 fully saturated rings. The maximum Gasteiger partial charge on any atom is 0.341 e. The van der Waals surface area contributed by atoms with E-state index < -0.39 is 17.4 Å². The Bertz CT molecular complexity index is 890. The summed E-state index contributed by atoms with van der Waals surface area (Å²) in [5, 5.41) is 0.240. The van der Waals surface area contributed by atoms with Gasteiger partial charge < -0.3 is 10.5 Å². The zero-order valence-corrected chi connectivity index (χ0v) is 16.5. The van der Waals surface area contributed by atoms with Gasteiger partial charge in [0.2, 0.25) is 0 Å². The number of aromatic nitrogens is 1. The predicted molar refractivity (Wildman–Crippen MR) is 108 cm³/mol. The van der Waals surface area contributed by atoms with Crippen LogP contribution in [0.25, 0.3) is 11.1 Å². The number of hydrogen-bond donors (Lipinski definition) is 1. The van der Waals surface area contributed by atoms with Crippen molar-refractivity contribution in [3.63, 3.8) is 0 Å². The van der Waals surface area contributed by atoms with Crippen molar-refractivity contribution in [1.29, 1.82) is 0 Å². The van der Waals surface area contributed by atoms with E-state index in [1.807, 2.05) is 17.8 Å². The van der Waals surface area contributed by atoms with Gasteiger partial charge in [-0.3, -0.25) is 0 Å². The van der Waals surface area contributed by atoms with Gasteiger partial charge in [0.25, 0.3) is 0 Å². The Morgan fingerprint density at radius 1 is 1.30 bits per heavy atom. The summed E-state index contributed by atoms with van der Waals surface area (Å²) < 4.78 is 20.0. The second kappa shape index (κ2) is 7.72. The van der Waals surface area contributed by atoms with Gasteiger partial charge >= 0.3 is 5.97 Å². The van der Waals surface area contributed by atoms with Gasteiger partial charge in [-0.15, -0.1) is 11.8 Å². The Kier molecular flexibility index (Phi) is 5.56. The third-order valence-corrected chi connectivity index (χ3v) is 5.38. The van der Waals surface area contributed by atoms with Gasteiger partial charge in [0, 0.05) is 22.8 Å². The molecule has 4 nitrogen and oxygen atoms in total. The molecule has 0 saturated carbocycles. The van der Waals surface area contributed by atoms with E-state index in [2.05, 4.69) is 17.1 Å². The molecule has 0 saturated heterocycles. The number of carbonyl (C=O) groups is 1.